The molecule has 3 rings (SSSR count). The summed E-state index contributed by atoms with van der Waals surface area (Å²) >= 11 is 3.19. The number of ether oxygens (including phenoxy) is 1. The number of fused-ring (bicyclic) bond motifs is 1. The molecule has 0 aliphatic carbocycles. The number of aromatic nitrogens is 2. The Bertz CT molecular complexity index is 816. The van der Waals surface area contributed by atoms with E-state index in [-0.39, 0.29) is 5.82 Å². The number of benzene rings is 2. The highest BCUT2D eigenvalue weighted by atomic mass is 79.9. The molecule has 1 heterocycles. The minimum atomic E-state index is -0.322. The van der Waals surface area contributed by atoms with Gasteiger partial charge in [0.15, 0.2) is 0 Å². The SMILES string of the molecule is CCOc1cccc2c1nc(N)n2-c1ccc(F)c(Br)c1. The molecule has 0 amide bonds. The lowest BCUT2D eigenvalue weighted by molar-refractivity contribution is 0.344. The molecule has 0 radical (unpaired) electrons. The van der Waals surface area contributed by atoms with Gasteiger partial charge in [0.05, 0.1) is 22.3 Å². The van der Waals surface area contributed by atoms with Crippen molar-refractivity contribution in [1.29, 1.82) is 0 Å². The number of hydrogen-bond acceptors (Lipinski definition) is 3. The molecule has 1 aromatic heterocycles. The van der Waals surface area contributed by atoms with Crippen molar-refractivity contribution in [2.75, 3.05) is 12.3 Å². The summed E-state index contributed by atoms with van der Waals surface area (Å²) < 4.78 is 21.1. The van der Waals surface area contributed by atoms with E-state index < -0.39 is 0 Å². The van der Waals surface area contributed by atoms with E-state index >= 15 is 0 Å². The Balaban J connectivity index is 2.25. The number of halogens is 2. The van der Waals surface area contributed by atoms with Crippen LogP contribution in [0.2, 0.25) is 0 Å². The molecule has 0 spiro atoms. The Morgan fingerprint density at radius 1 is 1.33 bits per heavy atom. The summed E-state index contributed by atoms with van der Waals surface area (Å²) in [6, 6.07) is 10.3. The summed E-state index contributed by atoms with van der Waals surface area (Å²) in [5.41, 5.74) is 8.27. The first-order valence-corrected chi connectivity index (χ1v) is 7.26. The van der Waals surface area contributed by atoms with Crippen LogP contribution in [0.5, 0.6) is 5.75 Å². The number of nitrogens with two attached hydrogens (primary N) is 1. The fourth-order valence-electron chi connectivity index (χ4n) is 2.26. The van der Waals surface area contributed by atoms with Crippen LogP contribution in [0.3, 0.4) is 0 Å². The molecule has 3 aromatic rings. The third-order valence-corrected chi connectivity index (χ3v) is 3.74. The molecular formula is C15H13BrFN3O. The molecule has 4 nitrogen and oxygen atoms in total. The number of rotatable bonds is 3. The van der Waals surface area contributed by atoms with Gasteiger partial charge in [-0.05, 0) is 53.2 Å². The normalized spacial score (nSPS) is 11.0. The maximum absolute atomic E-state index is 13.4. The molecule has 0 atom stereocenters. The number of nitrogen functional groups attached to an aromatic ring is 1. The Kier molecular flexibility index (Phi) is 3.55. The smallest absolute Gasteiger partial charge is 0.206 e. The third kappa shape index (κ3) is 2.35. The molecule has 2 aromatic carbocycles. The summed E-state index contributed by atoms with van der Waals surface area (Å²) in [6.45, 7) is 2.46. The molecule has 108 valence electrons. The van der Waals surface area contributed by atoms with Crippen molar-refractivity contribution < 1.29 is 9.13 Å². The second-order valence-electron chi connectivity index (χ2n) is 4.46. The molecule has 0 saturated heterocycles. The zero-order valence-electron chi connectivity index (χ0n) is 11.3. The first kappa shape index (κ1) is 13.9. The molecule has 0 unspecified atom stereocenters. The molecule has 0 saturated carbocycles. The third-order valence-electron chi connectivity index (χ3n) is 3.14. The van der Waals surface area contributed by atoms with Gasteiger partial charge in [-0.2, -0.15) is 0 Å². The van der Waals surface area contributed by atoms with Crippen LogP contribution in [-0.4, -0.2) is 16.2 Å². The van der Waals surface area contributed by atoms with Crippen LogP contribution in [0.15, 0.2) is 40.9 Å². The summed E-state index contributed by atoms with van der Waals surface area (Å²) in [6.07, 6.45) is 0. The average Bonchev–Trinajstić information content (AvgIpc) is 2.80. The second kappa shape index (κ2) is 5.37. The molecular weight excluding hydrogens is 337 g/mol. The highest BCUT2D eigenvalue weighted by Gasteiger charge is 2.14. The second-order valence-corrected chi connectivity index (χ2v) is 5.32. The van der Waals surface area contributed by atoms with E-state index in [2.05, 4.69) is 20.9 Å². The van der Waals surface area contributed by atoms with Gasteiger partial charge >= 0.3 is 0 Å². The zero-order chi connectivity index (χ0) is 15.0. The lowest BCUT2D eigenvalue weighted by Crippen LogP contribution is -2.00. The number of para-hydroxylation sites is 1. The van der Waals surface area contributed by atoms with Gasteiger partial charge in [0.2, 0.25) is 5.95 Å². The van der Waals surface area contributed by atoms with E-state index in [0.29, 0.717) is 28.3 Å². The number of hydrogen-bond donors (Lipinski definition) is 1. The van der Waals surface area contributed by atoms with Crippen molar-refractivity contribution in [3.8, 4) is 11.4 Å². The largest absolute Gasteiger partial charge is 0.492 e. The molecule has 2 N–H and O–H groups in total. The lowest BCUT2D eigenvalue weighted by atomic mass is 10.2. The fraction of sp³-hybridized carbons (Fsp3) is 0.133. The van der Waals surface area contributed by atoms with E-state index in [1.165, 1.54) is 6.07 Å². The average molecular weight is 350 g/mol. The van der Waals surface area contributed by atoms with Gasteiger partial charge in [0, 0.05) is 0 Å². The van der Waals surface area contributed by atoms with Crippen LogP contribution in [0, 0.1) is 5.82 Å². The molecule has 0 aliphatic heterocycles. The summed E-state index contributed by atoms with van der Waals surface area (Å²) in [4.78, 5) is 4.37. The van der Waals surface area contributed by atoms with Gasteiger partial charge < -0.3 is 10.5 Å². The van der Waals surface area contributed by atoms with Gasteiger partial charge in [-0.3, -0.25) is 4.57 Å². The van der Waals surface area contributed by atoms with Gasteiger partial charge in [-0.15, -0.1) is 0 Å². The molecule has 0 fully saturated rings. The monoisotopic (exact) mass is 349 g/mol. The number of anilines is 1. The summed E-state index contributed by atoms with van der Waals surface area (Å²) in [5.74, 6) is 0.689. The van der Waals surface area contributed by atoms with E-state index in [9.17, 15) is 4.39 Å². The van der Waals surface area contributed by atoms with E-state index in [1.54, 1.807) is 16.7 Å². The molecule has 21 heavy (non-hydrogen) atoms. The van der Waals surface area contributed by atoms with E-state index in [4.69, 9.17) is 10.5 Å². The minimum Gasteiger partial charge on any atom is -0.492 e. The van der Waals surface area contributed by atoms with Crippen molar-refractivity contribution in [2.45, 2.75) is 6.92 Å². The Labute approximate surface area is 129 Å². The molecule has 0 aliphatic rings. The van der Waals surface area contributed by atoms with Crippen molar-refractivity contribution in [3.05, 3.63) is 46.7 Å². The van der Waals surface area contributed by atoms with Crippen LogP contribution in [-0.2, 0) is 0 Å². The van der Waals surface area contributed by atoms with Crippen molar-refractivity contribution in [3.63, 3.8) is 0 Å². The van der Waals surface area contributed by atoms with Gasteiger partial charge in [-0.25, -0.2) is 9.37 Å². The Hall–Kier alpha value is -2.08. The van der Waals surface area contributed by atoms with Crippen LogP contribution < -0.4 is 10.5 Å². The Morgan fingerprint density at radius 3 is 2.86 bits per heavy atom. The molecule has 6 heteroatoms. The standard InChI is InChI=1S/C15H13BrFN3O/c1-2-21-13-5-3-4-12-14(13)19-15(18)20(12)9-6-7-11(17)10(16)8-9/h3-8H,2H2,1H3,(H2,18,19). The first-order chi connectivity index (χ1) is 10.1. The fourth-order valence-corrected chi connectivity index (χ4v) is 2.63. The number of nitrogens with zero attached hydrogens (tertiary/aromatic N) is 2. The minimum absolute atomic E-state index is 0.322. The summed E-state index contributed by atoms with van der Waals surface area (Å²) in [7, 11) is 0. The van der Waals surface area contributed by atoms with Gasteiger partial charge in [-0.1, -0.05) is 6.07 Å². The van der Waals surface area contributed by atoms with E-state index in [1.807, 2.05) is 25.1 Å². The highest BCUT2D eigenvalue weighted by Crippen LogP contribution is 2.30. The van der Waals surface area contributed by atoms with Crippen molar-refractivity contribution >= 4 is 32.9 Å². The van der Waals surface area contributed by atoms with Gasteiger partial charge in [0.1, 0.15) is 17.1 Å². The van der Waals surface area contributed by atoms with Crippen LogP contribution in [0.25, 0.3) is 16.7 Å². The van der Waals surface area contributed by atoms with E-state index in [0.717, 1.165) is 11.2 Å². The maximum Gasteiger partial charge on any atom is 0.206 e. The lowest BCUT2D eigenvalue weighted by Gasteiger charge is -2.08. The predicted octanol–water partition coefficient (Wildman–Crippen LogP) is 3.91. The van der Waals surface area contributed by atoms with Gasteiger partial charge in [0.25, 0.3) is 0 Å². The zero-order valence-corrected chi connectivity index (χ0v) is 12.9. The van der Waals surface area contributed by atoms with Crippen LogP contribution in [0.1, 0.15) is 6.92 Å². The first-order valence-electron chi connectivity index (χ1n) is 6.47. The maximum atomic E-state index is 13.4. The topological polar surface area (TPSA) is 53.1 Å². The summed E-state index contributed by atoms with van der Waals surface area (Å²) in [5, 5.41) is 0. The van der Waals surface area contributed by atoms with Crippen LogP contribution >= 0.6 is 15.9 Å². The van der Waals surface area contributed by atoms with Crippen molar-refractivity contribution in [1.82, 2.24) is 9.55 Å². The predicted molar refractivity (Wildman–Crippen MR) is 84.3 cm³/mol. The Morgan fingerprint density at radius 2 is 2.14 bits per heavy atom. The van der Waals surface area contributed by atoms with Crippen LogP contribution in [0.4, 0.5) is 10.3 Å². The number of imidazole rings is 1. The molecule has 0 bridgehead atoms. The highest BCUT2D eigenvalue weighted by molar-refractivity contribution is 9.10. The quantitative estimate of drug-likeness (QED) is 0.779. The van der Waals surface area contributed by atoms with Crippen molar-refractivity contribution in [2.24, 2.45) is 0 Å².